The Kier molecular flexibility index (Phi) is 5.22. The Hall–Kier alpha value is -2.01. The van der Waals surface area contributed by atoms with Gasteiger partial charge in [-0.05, 0) is 25.1 Å². The third-order valence-electron chi connectivity index (χ3n) is 2.87. The van der Waals surface area contributed by atoms with Crippen molar-refractivity contribution in [3.8, 4) is 5.75 Å². The van der Waals surface area contributed by atoms with Gasteiger partial charge in [-0.2, -0.15) is 0 Å². The fourth-order valence-corrected chi connectivity index (χ4v) is 2.26. The first kappa shape index (κ1) is 15.4. The Bertz CT molecular complexity index is 643. The molecule has 2 aromatic rings. The fraction of sp³-hybridized carbons (Fsp3) is 0.188. The van der Waals surface area contributed by atoms with E-state index in [0.717, 1.165) is 10.0 Å². The first-order valence-corrected chi connectivity index (χ1v) is 7.34. The highest BCUT2D eigenvalue weighted by molar-refractivity contribution is 9.10. The molecule has 2 N–H and O–H groups in total. The minimum atomic E-state index is -0.457. The molecule has 4 nitrogen and oxygen atoms in total. The number of hydrogen-bond donors (Lipinski definition) is 1. The molecule has 0 saturated carbocycles. The van der Waals surface area contributed by atoms with Crippen LogP contribution in [-0.2, 0) is 11.3 Å². The Balaban J connectivity index is 2.14. The van der Waals surface area contributed by atoms with Crippen molar-refractivity contribution in [3.63, 3.8) is 0 Å². The lowest BCUT2D eigenvalue weighted by Gasteiger charge is -2.12. The molecule has 0 aliphatic heterocycles. The van der Waals surface area contributed by atoms with E-state index < -0.39 is 5.97 Å². The summed E-state index contributed by atoms with van der Waals surface area (Å²) in [6, 6.07) is 12.6. The van der Waals surface area contributed by atoms with E-state index in [0.29, 0.717) is 23.6 Å². The zero-order valence-corrected chi connectivity index (χ0v) is 13.2. The SMILES string of the molecule is CCOc1c(N)cccc1C(=O)OCc1ccccc1Br. The summed E-state index contributed by atoms with van der Waals surface area (Å²) < 4.78 is 11.7. The molecule has 0 aliphatic rings. The average Bonchev–Trinajstić information content (AvgIpc) is 2.48. The lowest BCUT2D eigenvalue weighted by atomic mass is 10.1. The third kappa shape index (κ3) is 3.76. The Morgan fingerprint density at radius 1 is 1.19 bits per heavy atom. The first-order chi connectivity index (χ1) is 10.1. The number of ether oxygens (including phenoxy) is 2. The second kappa shape index (κ2) is 7.13. The van der Waals surface area contributed by atoms with E-state index in [-0.39, 0.29) is 6.61 Å². The summed E-state index contributed by atoms with van der Waals surface area (Å²) >= 11 is 3.42. The normalized spacial score (nSPS) is 10.2. The zero-order valence-electron chi connectivity index (χ0n) is 11.6. The summed E-state index contributed by atoms with van der Waals surface area (Å²) in [5, 5.41) is 0. The molecular weight excluding hydrogens is 334 g/mol. The predicted molar refractivity (Wildman–Crippen MR) is 85.3 cm³/mol. The Morgan fingerprint density at radius 2 is 1.95 bits per heavy atom. The minimum Gasteiger partial charge on any atom is -0.491 e. The molecule has 0 heterocycles. The molecular formula is C16H16BrNO3. The molecule has 0 amide bonds. The smallest absolute Gasteiger partial charge is 0.342 e. The van der Waals surface area contributed by atoms with Gasteiger partial charge >= 0.3 is 5.97 Å². The maximum Gasteiger partial charge on any atom is 0.342 e. The van der Waals surface area contributed by atoms with E-state index in [1.165, 1.54) is 0 Å². The van der Waals surface area contributed by atoms with Crippen molar-refractivity contribution in [1.82, 2.24) is 0 Å². The number of halogens is 1. The third-order valence-corrected chi connectivity index (χ3v) is 3.64. The van der Waals surface area contributed by atoms with Crippen molar-refractivity contribution in [2.24, 2.45) is 0 Å². The van der Waals surface area contributed by atoms with E-state index in [1.54, 1.807) is 18.2 Å². The largest absolute Gasteiger partial charge is 0.491 e. The second-order valence-corrected chi connectivity index (χ2v) is 5.18. The highest BCUT2D eigenvalue weighted by atomic mass is 79.9. The van der Waals surface area contributed by atoms with Crippen LogP contribution in [0, 0.1) is 0 Å². The zero-order chi connectivity index (χ0) is 15.2. The standard InChI is InChI=1S/C16H16BrNO3/c1-2-20-15-12(7-5-9-14(15)18)16(19)21-10-11-6-3-4-8-13(11)17/h3-9H,2,10,18H2,1H3. The summed E-state index contributed by atoms with van der Waals surface area (Å²) in [6.07, 6.45) is 0. The van der Waals surface area contributed by atoms with Crippen molar-refractivity contribution in [1.29, 1.82) is 0 Å². The van der Waals surface area contributed by atoms with E-state index in [4.69, 9.17) is 15.2 Å². The van der Waals surface area contributed by atoms with Gasteiger partial charge in [-0.1, -0.05) is 40.2 Å². The molecule has 0 fully saturated rings. The van der Waals surface area contributed by atoms with Gasteiger partial charge in [-0.25, -0.2) is 4.79 Å². The van der Waals surface area contributed by atoms with Gasteiger partial charge < -0.3 is 15.2 Å². The van der Waals surface area contributed by atoms with Crippen molar-refractivity contribution in [2.45, 2.75) is 13.5 Å². The number of carbonyl (C=O) groups is 1. The summed E-state index contributed by atoms with van der Waals surface area (Å²) in [7, 11) is 0. The van der Waals surface area contributed by atoms with E-state index in [9.17, 15) is 4.79 Å². The number of benzene rings is 2. The lowest BCUT2D eigenvalue weighted by Crippen LogP contribution is -2.10. The van der Waals surface area contributed by atoms with E-state index in [2.05, 4.69) is 15.9 Å². The Labute approximate surface area is 132 Å². The van der Waals surface area contributed by atoms with Crippen molar-refractivity contribution in [3.05, 3.63) is 58.1 Å². The topological polar surface area (TPSA) is 61.5 Å². The molecule has 2 rings (SSSR count). The number of para-hydroxylation sites is 1. The quantitative estimate of drug-likeness (QED) is 0.658. The van der Waals surface area contributed by atoms with Gasteiger partial charge in [-0.15, -0.1) is 0 Å². The number of nitrogen functional groups attached to an aromatic ring is 1. The molecule has 0 spiro atoms. The number of carbonyl (C=O) groups excluding carboxylic acids is 1. The van der Waals surface area contributed by atoms with Gasteiger partial charge in [-0.3, -0.25) is 0 Å². The number of hydrogen-bond acceptors (Lipinski definition) is 4. The summed E-state index contributed by atoms with van der Waals surface area (Å²) in [4.78, 5) is 12.2. The van der Waals surface area contributed by atoms with Crippen LogP contribution in [0.4, 0.5) is 5.69 Å². The van der Waals surface area contributed by atoms with E-state index >= 15 is 0 Å². The van der Waals surface area contributed by atoms with Crippen LogP contribution in [0.5, 0.6) is 5.75 Å². The lowest BCUT2D eigenvalue weighted by molar-refractivity contribution is 0.0467. The fourth-order valence-electron chi connectivity index (χ4n) is 1.86. The molecule has 0 radical (unpaired) electrons. The van der Waals surface area contributed by atoms with Crippen molar-refractivity contribution < 1.29 is 14.3 Å². The molecule has 2 aromatic carbocycles. The minimum absolute atomic E-state index is 0.181. The van der Waals surface area contributed by atoms with Gasteiger partial charge in [0.15, 0.2) is 5.75 Å². The molecule has 0 atom stereocenters. The summed E-state index contributed by atoms with van der Waals surface area (Å²) in [6.45, 7) is 2.45. The highest BCUT2D eigenvalue weighted by Crippen LogP contribution is 2.27. The van der Waals surface area contributed by atoms with Crippen LogP contribution in [0.25, 0.3) is 0 Å². The van der Waals surface area contributed by atoms with Crippen LogP contribution in [-0.4, -0.2) is 12.6 Å². The predicted octanol–water partition coefficient (Wildman–Crippen LogP) is 3.79. The van der Waals surface area contributed by atoms with Crippen LogP contribution in [0.15, 0.2) is 46.9 Å². The average molecular weight is 350 g/mol. The monoisotopic (exact) mass is 349 g/mol. The summed E-state index contributed by atoms with van der Waals surface area (Å²) in [5.41, 5.74) is 7.49. The van der Waals surface area contributed by atoms with Gasteiger partial charge in [0.05, 0.1) is 12.3 Å². The van der Waals surface area contributed by atoms with Crippen molar-refractivity contribution in [2.75, 3.05) is 12.3 Å². The number of anilines is 1. The molecule has 0 aliphatic carbocycles. The molecule has 110 valence electrons. The Morgan fingerprint density at radius 3 is 2.67 bits per heavy atom. The second-order valence-electron chi connectivity index (χ2n) is 4.32. The molecule has 5 heteroatoms. The van der Waals surface area contributed by atoms with Crippen LogP contribution in [0.2, 0.25) is 0 Å². The van der Waals surface area contributed by atoms with Gasteiger partial charge in [0.25, 0.3) is 0 Å². The molecule has 0 unspecified atom stereocenters. The molecule has 0 aromatic heterocycles. The maximum absolute atomic E-state index is 12.2. The van der Waals surface area contributed by atoms with Gasteiger partial charge in [0, 0.05) is 10.0 Å². The number of rotatable bonds is 5. The van der Waals surface area contributed by atoms with Crippen LogP contribution < -0.4 is 10.5 Å². The van der Waals surface area contributed by atoms with Crippen LogP contribution >= 0.6 is 15.9 Å². The summed E-state index contributed by atoms with van der Waals surface area (Å²) in [5.74, 6) is -0.0846. The van der Waals surface area contributed by atoms with Gasteiger partial charge in [0.1, 0.15) is 12.2 Å². The van der Waals surface area contributed by atoms with E-state index in [1.807, 2.05) is 31.2 Å². The van der Waals surface area contributed by atoms with Crippen LogP contribution in [0.1, 0.15) is 22.8 Å². The van der Waals surface area contributed by atoms with Crippen molar-refractivity contribution >= 4 is 27.6 Å². The number of esters is 1. The molecule has 0 bridgehead atoms. The highest BCUT2D eigenvalue weighted by Gasteiger charge is 2.16. The molecule has 21 heavy (non-hydrogen) atoms. The van der Waals surface area contributed by atoms with Gasteiger partial charge in [0.2, 0.25) is 0 Å². The number of nitrogens with two attached hydrogens (primary N) is 1. The first-order valence-electron chi connectivity index (χ1n) is 6.55. The van der Waals surface area contributed by atoms with Crippen LogP contribution in [0.3, 0.4) is 0 Å². The molecule has 0 saturated heterocycles. The maximum atomic E-state index is 12.2.